The summed E-state index contributed by atoms with van der Waals surface area (Å²) in [5.74, 6) is 1.73. The molecule has 1 unspecified atom stereocenters. The van der Waals surface area contributed by atoms with E-state index in [1.54, 1.807) is 6.20 Å². The lowest BCUT2D eigenvalue weighted by Crippen LogP contribution is -2.43. The van der Waals surface area contributed by atoms with Crippen LogP contribution in [0.2, 0.25) is 0 Å². The van der Waals surface area contributed by atoms with Crippen molar-refractivity contribution in [2.24, 2.45) is 0 Å². The summed E-state index contributed by atoms with van der Waals surface area (Å²) < 4.78 is 13.3. The average Bonchev–Trinajstić information content (AvgIpc) is 3.29. The summed E-state index contributed by atoms with van der Waals surface area (Å²) in [6.07, 6.45) is 4.88. The third kappa shape index (κ3) is 3.54. The van der Waals surface area contributed by atoms with E-state index >= 15 is 0 Å². The van der Waals surface area contributed by atoms with Crippen LogP contribution in [-0.2, 0) is 17.7 Å². The zero-order valence-electron chi connectivity index (χ0n) is 15.2. The van der Waals surface area contributed by atoms with E-state index in [1.807, 2.05) is 23.7 Å². The fourth-order valence-corrected chi connectivity index (χ4v) is 3.83. The van der Waals surface area contributed by atoms with Crippen LogP contribution < -0.4 is 5.32 Å². The van der Waals surface area contributed by atoms with Gasteiger partial charge in [0.05, 0.1) is 36.7 Å². The van der Waals surface area contributed by atoms with E-state index in [-0.39, 0.29) is 11.9 Å². The van der Waals surface area contributed by atoms with Crippen molar-refractivity contribution in [1.82, 2.24) is 20.0 Å². The van der Waals surface area contributed by atoms with E-state index in [2.05, 4.69) is 15.3 Å². The van der Waals surface area contributed by atoms with Crippen molar-refractivity contribution >= 4 is 5.91 Å². The molecule has 0 aliphatic carbocycles. The standard InChI is InChI=1S/C19H26N4O3/c1-14-5-6-18(26-14)17(22-8-10-25-11-9-22)13-20-19(24)15-12-21-23-7-3-2-4-16(15)23/h5-6,12,17H,2-4,7-11,13H2,1H3,(H,20,24). The molecule has 0 spiro atoms. The summed E-state index contributed by atoms with van der Waals surface area (Å²) in [4.78, 5) is 15.1. The van der Waals surface area contributed by atoms with Gasteiger partial charge in [0.15, 0.2) is 0 Å². The van der Waals surface area contributed by atoms with Crippen LogP contribution in [0.1, 0.15) is 46.5 Å². The molecule has 4 heterocycles. The summed E-state index contributed by atoms with van der Waals surface area (Å²) in [5, 5.41) is 7.47. The molecule has 1 atom stereocenters. The normalized spacial score (nSPS) is 19.1. The number of carbonyl (C=O) groups excluding carboxylic acids is 1. The average molecular weight is 358 g/mol. The molecule has 26 heavy (non-hydrogen) atoms. The number of nitrogens with zero attached hydrogens (tertiary/aromatic N) is 3. The van der Waals surface area contributed by atoms with Gasteiger partial charge in [-0.2, -0.15) is 5.10 Å². The molecular formula is C19H26N4O3. The third-order valence-corrected chi connectivity index (χ3v) is 5.26. The quantitative estimate of drug-likeness (QED) is 0.884. The molecule has 2 aromatic heterocycles. The molecular weight excluding hydrogens is 332 g/mol. The maximum atomic E-state index is 12.8. The maximum absolute atomic E-state index is 12.8. The predicted molar refractivity (Wildman–Crippen MR) is 96.1 cm³/mol. The van der Waals surface area contributed by atoms with Crippen molar-refractivity contribution in [3.8, 4) is 0 Å². The first-order chi connectivity index (χ1) is 12.7. The number of carbonyl (C=O) groups is 1. The van der Waals surface area contributed by atoms with Crippen LogP contribution in [0.5, 0.6) is 0 Å². The highest BCUT2D eigenvalue weighted by Crippen LogP contribution is 2.24. The Kier molecular flexibility index (Phi) is 5.08. The Hall–Kier alpha value is -2.12. The van der Waals surface area contributed by atoms with Gasteiger partial charge < -0.3 is 14.5 Å². The van der Waals surface area contributed by atoms with Crippen LogP contribution in [0.3, 0.4) is 0 Å². The molecule has 7 nitrogen and oxygen atoms in total. The second kappa shape index (κ2) is 7.63. The van der Waals surface area contributed by atoms with Crippen LogP contribution in [0.15, 0.2) is 22.7 Å². The van der Waals surface area contributed by atoms with Crippen molar-refractivity contribution in [2.45, 2.75) is 38.8 Å². The van der Waals surface area contributed by atoms with Crippen LogP contribution in [-0.4, -0.2) is 53.4 Å². The lowest BCUT2D eigenvalue weighted by molar-refractivity contribution is 0.0117. The summed E-state index contributed by atoms with van der Waals surface area (Å²) in [5.41, 5.74) is 1.77. The minimum Gasteiger partial charge on any atom is -0.465 e. The molecule has 140 valence electrons. The molecule has 0 saturated carbocycles. The molecule has 0 bridgehead atoms. The fraction of sp³-hybridized carbons (Fsp3) is 0.579. The molecule has 1 saturated heterocycles. The second-order valence-corrected chi connectivity index (χ2v) is 7.01. The molecule has 2 aliphatic rings. The van der Waals surface area contributed by atoms with Crippen molar-refractivity contribution in [3.05, 3.63) is 41.1 Å². The molecule has 1 fully saturated rings. The van der Waals surface area contributed by atoms with Crippen molar-refractivity contribution in [2.75, 3.05) is 32.8 Å². The van der Waals surface area contributed by atoms with Gasteiger partial charge in [0.2, 0.25) is 0 Å². The summed E-state index contributed by atoms with van der Waals surface area (Å²) in [7, 11) is 0. The largest absolute Gasteiger partial charge is 0.465 e. The van der Waals surface area contributed by atoms with E-state index in [1.165, 1.54) is 0 Å². The highest BCUT2D eigenvalue weighted by Gasteiger charge is 2.27. The molecule has 2 aliphatic heterocycles. The Bertz CT molecular complexity index is 761. The Morgan fingerprint density at radius 3 is 2.88 bits per heavy atom. The predicted octanol–water partition coefficient (Wildman–Crippen LogP) is 1.92. The van der Waals surface area contributed by atoms with E-state index < -0.39 is 0 Å². The van der Waals surface area contributed by atoms with E-state index in [0.29, 0.717) is 25.3 Å². The SMILES string of the molecule is Cc1ccc(C(CNC(=O)c2cnn3c2CCCC3)N2CCOCC2)o1. The number of nitrogens with one attached hydrogen (secondary N) is 1. The van der Waals surface area contributed by atoms with Gasteiger partial charge in [0.25, 0.3) is 5.91 Å². The zero-order valence-corrected chi connectivity index (χ0v) is 15.2. The number of fused-ring (bicyclic) bond motifs is 1. The monoisotopic (exact) mass is 358 g/mol. The number of hydrogen-bond donors (Lipinski definition) is 1. The lowest BCUT2D eigenvalue weighted by Gasteiger charge is -2.33. The van der Waals surface area contributed by atoms with Gasteiger partial charge >= 0.3 is 0 Å². The maximum Gasteiger partial charge on any atom is 0.254 e. The zero-order chi connectivity index (χ0) is 17.9. The van der Waals surface area contributed by atoms with E-state index in [9.17, 15) is 4.79 Å². The van der Waals surface area contributed by atoms with Crippen molar-refractivity contribution < 1.29 is 13.9 Å². The first-order valence-corrected chi connectivity index (χ1v) is 9.43. The number of aromatic nitrogens is 2. The molecule has 0 radical (unpaired) electrons. The number of furan rings is 1. The molecule has 2 aromatic rings. The van der Waals surface area contributed by atoms with Gasteiger partial charge in [-0.3, -0.25) is 14.4 Å². The minimum atomic E-state index is -0.0466. The smallest absolute Gasteiger partial charge is 0.254 e. The molecule has 7 heteroatoms. The van der Waals surface area contributed by atoms with Crippen molar-refractivity contribution in [3.63, 3.8) is 0 Å². The lowest BCUT2D eigenvalue weighted by atomic mass is 10.1. The number of amides is 1. The molecule has 4 rings (SSSR count). The number of morpholine rings is 1. The van der Waals surface area contributed by atoms with Gasteiger partial charge in [0.1, 0.15) is 11.5 Å². The second-order valence-electron chi connectivity index (χ2n) is 7.01. The molecule has 0 aromatic carbocycles. The number of ether oxygens (including phenoxy) is 1. The molecule has 1 amide bonds. The van der Waals surface area contributed by atoms with Crippen LogP contribution in [0.4, 0.5) is 0 Å². The number of aryl methyl sites for hydroxylation is 2. The van der Waals surface area contributed by atoms with Gasteiger partial charge in [-0.05, 0) is 38.3 Å². The summed E-state index contributed by atoms with van der Waals surface area (Å²) in [6.45, 7) is 6.45. The topological polar surface area (TPSA) is 72.5 Å². The Morgan fingerprint density at radius 2 is 2.12 bits per heavy atom. The number of hydrogen-bond acceptors (Lipinski definition) is 5. The Labute approximate surface area is 153 Å². The van der Waals surface area contributed by atoms with Gasteiger partial charge in [-0.1, -0.05) is 0 Å². The summed E-state index contributed by atoms with van der Waals surface area (Å²) >= 11 is 0. The van der Waals surface area contributed by atoms with Crippen LogP contribution in [0.25, 0.3) is 0 Å². The van der Waals surface area contributed by atoms with Gasteiger partial charge in [0, 0.05) is 26.2 Å². The van der Waals surface area contributed by atoms with E-state index in [0.717, 1.165) is 56.1 Å². The third-order valence-electron chi connectivity index (χ3n) is 5.26. The number of rotatable bonds is 5. The van der Waals surface area contributed by atoms with Gasteiger partial charge in [-0.25, -0.2) is 0 Å². The van der Waals surface area contributed by atoms with Crippen LogP contribution in [0, 0.1) is 6.92 Å². The minimum absolute atomic E-state index is 0.0166. The highest BCUT2D eigenvalue weighted by molar-refractivity contribution is 5.95. The molecule has 1 N–H and O–H groups in total. The fourth-order valence-electron chi connectivity index (χ4n) is 3.83. The first-order valence-electron chi connectivity index (χ1n) is 9.43. The van der Waals surface area contributed by atoms with Crippen molar-refractivity contribution in [1.29, 1.82) is 0 Å². The highest BCUT2D eigenvalue weighted by atomic mass is 16.5. The Morgan fingerprint density at radius 1 is 1.27 bits per heavy atom. The van der Waals surface area contributed by atoms with Crippen LogP contribution >= 0.6 is 0 Å². The Balaban J connectivity index is 1.47. The van der Waals surface area contributed by atoms with E-state index in [4.69, 9.17) is 9.15 Å². The first kappa shape index (κ1) is 17.3. The summed E-state index contributed by atoms with van der Waals surface area (Å²) in [6, 6.07) is 3.99. The van der Waals surface area contributed by atoms with Gasteiger partial charge in [-0.15, -0.1) is 0 Å².